The Balaban J connectivity index is 2.37. The summed E-state index contributed by atoms with van der Waals surface area (Å²) in [6, 6.07) is 6.42. The Hall–Kier alpha value is -1.42. The lowest BCUT2D eigenvalue weighted by Gasteiger charge is -2.31. The quantitative estimate of drug-likeness (QED) is 0.927. The second-order valence-corrected chi connectivity index (χ2v) is 7.34. The molecular weight excluding hydrogens is 267 g/mol. The van der Waals surface area contributed by atoms with E-state index in [0.717, 1.165) is 0 Å². The highest BCUT2D eigenvalue weighted by Gasteiger charge is 2.42. The van der Waals surface area contributed by atoms with Crippen molar-refractivity contribution in [2.24, 2.45) is 11.3 Å². The number of rotatable bonds is 3. The third kappa shape index (κ3) is 3.43. The Morgan fingerprint density at radius 2 is 1.90 bits per heavy atom. The smallest absolute Gasteiger partial charge is 0.241 e. The maximum absolute atomic E-state index is 14.1. The summed E-state index contributed by atoms with van der Waals surface area (Å²) in [7, 11) is 0. The molecule has 21 heavy (non-hydrogen) atoms. The number of nitrogens with zero attached hydrogens (tertiary/aromatic N) is 1. The highest BCUT2D eigenvalue weighted by atomic mass is 19.1. The highest BCUT2D eigenvalue weighted by Crippen LogP contribution is 2.32. The SMILES string of the molecule is CC(C)C1NC(c2ccccc2F)N(CC(C)(C)C)C1=O. The van der Waals surface area contributed by atoms with Crippen molar-refractivity contribution in [2.75, 3.05) is 6.54 Å². The molecule has 0 saturated carbocycles. The van der Waals surface area contributed by atoms with E-state index >= 15 is 0 Å². The number of hydrogen-bond acceptors (Lipinski definition) is 2. The molecule has 1 aromatic carbocycles. The Bertz CT molecular complexity index is 522. The molecule has 3 nitrogen and oxygen atoms in total. The lowest BCUT2D eigenvalue weighted by atomic mass is 9.95. The van der Waals surface area contributed by atoms with E-state index in [2.05, 4.69) is 26.1 Å². The van der Waals surface area contributed by atoms with Gasteiger partial charge in [-0.1, -0.05) is 52.8 Å². The van der Waals surface area contributed by atoms with E-state index < -0.39 is 0 Å². The third-order valence-corrected chi connectivity index (χ3v) is 3.71. The van der Waals surface area contributed by atoms with Crippen LogP contribution < -0.4 is 5.32 Å². The van der Waals surface area contributed by atoms with E-state index in [1.807, 2.05) is 19.9 Å². The fourth-order valence-electron chi connectivity index (χ4n) is 2.75. The zero-order chi connectivity index (χ0) is 15.8. The highest BCUT2D eigenvalue weighted by molar-refractivity contribution is 5.85. The molecule has 0 aliphatic carbocycles. The van der Waals surface area contributed by atoms with Gasteiger partial charge >= 0.3 is 0 Å². The molecule has 1 amide bonds. The molecule has 1 aromatic rings. The van der Waals surface area contributed by atoms with Gasteiger partial charge in [0, 0.05) is 12.1 Å². The number of hydrogen-bond donors (Lipinski definition) is 1. The van der Waals surface area contributed by atoms with Crippen LogP contribution in [0.15, 0.2) is 24.3 Å². The van der Waals surface area contributed by atoms with Crippen LogP contribution in [0, 0.1) is 17.2 Å². The molecule has 2 atom stereocenters. The minimum atomic E-state index is -0.384. The van der Waals surface area contributed by atoms with Crippen molar-refractivity contribution >= 4 is 5.91 Å². The zero-order valence-corrected chi connectivity index (χ0v) is 13.5. The van der Waals surface area contributed by atoms with Crippen LogP contribution in [0.4, 0.5) is 4.39 Å². The van der Waals surface area contributed by atoms with Crippen LogP contribution in [-0.4, -0.2) is 23.4 Å². The average molecular weight is 292 g/mol. The van der Waals surface area contributed by atoms with Gasteiger partial charge in [0.25, 0.3) is 0 Å². The monoisotopic (exact) mass is 292 g/mol. The minimum Gasteiger partial charge on any atom is -0.321 e. The van der Waals surface area contributed by atoms with Crippen LogP contribution in [0.5, 0.6) is 0 Å². The van der Waals surface area contributed by atoms with Crippen LogP contribution in [0.3, 0.4) is 0 Å². The number of carbonyl (C=O) groups excluding carboxylic acids is 1. The predicted octanol–water partition coefficient (Wildman–Crippen LogP) is 3.33. The van der Waals surface area contributed by atoms with Gasteiger partial charge in [-0.05, 0) is 17.4 Å². The molecule has 1 aliphatic heterocycles. The number of amides is 1. The number of nitrogens with one attached hydrogen (secondary N) is 1. The van der Waals surface area contributed by atoms with Gasteiger partial charge in [0.15, 0.2) is 0 Å². The van der Waals surface area contributed by atoms with Crippen LogP contribution in [0.25, 0.3) is 0 Å². The summed E-state index contributed by atoms with van der Waals surface area (Å²) in [5, 5.41) is 3.31. The first kappa shape index (κ1) is 16.0. The first-order valence-electron chi connectivity index (χ1n) is 7.51. The molecule has 4 heteroatoms. The fraction of sp³-hybridized carbons (Fsp3) is 0.588. The lowest BCUT2D eigenvalue weighted by Crippen LogP contribution is -2.38. The van der Waals surface area contributed by atoms with E-state index in [-0.39, 0.29) is 35.3 Å². The van der Waals surface area contributed by atoms with E-state index in [9.17, 15) is 9.18 Å². The maximum Gasteiger partial charge on any atom is 0.241 e. The summed E-state index contributed by atoms with van der Waals surface area (Å²) < 4.78 is 14.1. The maximum atomic E-state index is 14.1. The molecule has 1 saturated heterocycles. The molecule has 2 unspecified atom stereocenters. The summed E-state index contributed by atoms with van der Waals surface area (Å²) in [5.41, 5.74) is 0.505. The largest absolute Gasteiger partial charge is 0.321 e. The van der Waals surface area contributed by atoms with Gasteiger partial charge in [-0.2, -0.15) is 0 Å². The number of benzene rings is 1. The molecule has 1 aliphatic rings. The van der Waals surface area contributed by atoms with Gasteiger partial charge in [-0.3, -0.25) is 10.1 Å². The van der Waals surface area contributed by atoms with Gasteiger partial charge in [0.1, 0.15) is 12.0 Å². The topological polar surface area (TPSA) is 32.3 Å². The Kier molecular flexibility index (Phi) is 4.38. The number of carbonyl (C=O) groups is 1. The first-order chi connectivity index (χ1) is 9.70. The van der Waals surface area contributed by atoms with Crippen LogP contribution in [0.1, 0.15) is 46.3 Å². The summed E-state index contributed by atoms with van der Waals surface area (Å²) >= 11 is 0. The van der Waals surface area contributed by atoms with Gasteiger partial charge < -0.3 is 4.90 Å². The summed E-state index contributed by atoms with van der Waals surface area (Å²) in [6.45, 7) is 10.9. The number of halogens is 1. The van der Waals surface area contributed by atoms with Crippen molar-refractivity contribution in [2.45, 2.75) is 46.8 Å². The van der Waals surface area contributed by atoms with Crippen molar-refractivity contribution in [3.63, 3.8) is 0 Å². The summed E-state index contributed by atoms with van der Waals surface area (Å²) in [5.74, 6) is -0.0314. The minimum absolute atomic E-state index is 0.0350. The van der Waals surface area contributed by atoms with Crippen LogP contribution in [0.2, 0.25) is 0 Å². The summed E-state index contributed by atoms with van der Waals surface area (Å²) in [4.78, 5) is 14.4. The second-order valence-electron chi connectivity index (χ2n) is 7.34. The fourth-order valence-corrected chi connectivity index (χ4v) is 2.75. The molecule has 0 aromatic heterocycles. The third-order valence-electron chi connectivity index (χ3n) is 3.71. The van der Waals surface area contributed by atoms with E-state index in [1.165, 1.54) is 6.07 Å². The Labute approximate surface area is 126 Å². The Morgan fingerprint density at radius 1 is 1.29 bits per heavy atom. The van der Waals surface area contributed by atoms with E-state index in [0.29, 0.717) is 12.1 Å². The molecule has 1 fully saturated rings. The summed E-state index contributed by atoms with van der Waals surface area (Å²) in [6.07, 6.45) is -0.384. The molecule has 116 valence electrons. The van der Waals surface area contributed by atoms with Crippen LogP contribution in [-0.2, 0) is 4.79 Å². The lowest BCUT2D eigenvalue weighted by molar-refractivity contribution is -0.132. The van der Waals surface area contributed by atoms with Crippen molar-refractivity contribution in [3.05, 3.63) is 35.6 Å². The van der Waals surface area contributed by atoms with Crippen molar-refractivity contribution in [3.8, 4) is 0 Å². The normalized spacial score (nSPS) is 23.2. The second kappa shape index (κ2) is 5.76. The van der Waals surface area contributed by atoms with Crippen molar-refractivity contribution in [1.82, 2.24) is 10.2 Å². The predicted molar refractivity (Wildman–Crippen MR) is 82.1 cm³/mol. The Morgan fingerprint density at radius 3 is 2.43 bits per heavy atom. The molecule has 0 spiro atoms. The van der Waals surface area contributed by atoms with E-state index in [1.54, 1.807) is 17.0 Å². The molecule has 1 heterocycles. The van der Waals surface area contributed by atoms with Gasteiger partial charge in [-0.15, -0.1) is 0 Å². The molecule has 2 rings (SSSR count). The molecule has 0 radical (unpaired) electrons. The van der Waals surface area contributed by atoms with E-state index in [4.69, 9.17) is 0 Å². The van der Waals surface area contributed by atoms with Crippen LogP contribution >= 0.6 is 0 Å². The molecular formula is C17H25FN2O. The first-order valence-corrected chi connectivity index (χ1v) is 7.51. The van der Waals surface area contributed by atoms with Crippen molar-refractivity contribution < 1.29 is 9.18 Å². The molecule has 1 N–H and O–H groups in total. The standard InChI is InChI=1S/C17H25FN2O/c1-11(2)14-16(21)20(10-17(3,4)5)15(19-14)12-8-6-7-9-13(12)18/h6-9,11,14-15,19H,10H2,1-5H3. The zero-order valence-electron chi connectivity index (χ0n) is 13.5. The van der Waals surface area contributed by atoms with Gasteiger partial charge in [0.05, 0.1) is 6.04 Å². The average Bonchev–Trinajstić information content (AvgIpc) is 2.66. The van der Waals surface area contributed by atoms with Crippen molar-refractivity contribution in [1.29, 1.82) is 0 Å². The van der Waals surface area contributed by atoms with Gasteiger partial charge in [-0.25, -0.2) is 4.39 Å². The van der Waals surface area contributed by atoms with Gasteiger partial charge in [0.2, 0.25) is 5.91 Å². The molecule has 0 bridgehead atoms.